The van der Waals surface area contributed by atoms with Crippen LogP contribution in [0.2, 0.25) is 0 Å². The number of halogens is 3. The zero-order valence-corrected chi connectivity index (χ0v) is 11.2. The van der Waals surface area contributed by atoms with Crippen LogP contribution in [0.3, 0.4) is 0 Å². The van der Waals surface area contributed by atoms with Gasteiger partial charge in [0.25, 0.3) is 5.91 Å². The molecular formula is C13H16F3N3O2. The molecule has 1 amide bonds. The van der Waals surface area contributed by atoms with Gasteiger partial charge in [0.2, 0.25) is 0 Å². The number of pyridine rings is 1. The van der Waals surface area contributed by atoms with Crippen LogP contribution in [0.15, 0.2) is 12.1 Å². The van der Waals surface area contributed by atoms with Gasteiger partial charge in [0, 0.05) is 6.04 Å². The van der Waals surface area contributed by atoms with Gasteiger partial charge >= 0.3 is 6.18 Å². The Labute approximate surface area is 119 Å². The van der Waals surface area contributed by atoms with Crippen LogP contribution in [-0.2, 0) is 6.18 Å². The van der Waals surface area contributed by atoms with Crippen molar-refractivity contribution >= 4 is 11.7 Å². The minimum absolute atomic E-state index is 0.0749. The number of primary amides is 1. The lowest BCUT2D eigenvalue weighted by molar-refractivity contribution is -0.141. The largest absolute Gasteiger partial charge is 0.433 e. The van der Waals surface area contributed by atoms with Gasteiger partial charge in [-0.15, -0.1) is 0 Å². The van der Waals surface area contributed by atoms with Crippen molar-refractivity contribution in [1.82, 2.24) is 4.98 Å². The summed E-state index contributed by atoms with van der Waals surface area (Å²) in [5, 5.41) is 12.3. The van der Waals surface area contributed by atoms with Gasteiger partial charge in [-0.05, 0) is 37.8 Å². The van der Waals surface area contributed by atoms with Crippen molar-refractivity contribution in [3.05, 3.63) is 23.4 Å². The van der Waals surface area contributed by atoms with Crippen molar-refractivity contribution in [2.75, 3.05) is 5.32 Å². The van der Waals surface area contributed by atoms with Gasteiger partial charge in [0.1, 0.15) is 11.5 Å². The third-order valence-electron chi connectivity index (χ3n) is 3.49. The average Bonchev–Trinajstić information content (AvgIpc) is 2.40. The van der Waals surface area contributed by atoms with Gasteiger partial charge in [-0.1, -0.05) is 0 Å². The fraction of sp³-hybridized carbons (Fsp3) is 0.538. The molecule has 0 aromatic carbocycles. The number of carbonyl (C=O) groups is 1. The number of hydrogen-bond acceptors (Lipinski definition) is 4. The highest BCUT2D eigenvalue weighted by Crippen LogP contribution is 2.30. The van der Waals surface area contributed by atoms with E-state index in [-0.39, 0.29) is 23.5 Å². The summed E-state index contributed by atoms with van der Waals surface area (Å²) in [6.45, 7) is 0. The summed E-state index contributed by atoms with van der Waals surface area (Å²) in [6.07, 6.45) is -2.66. The zero-order chi connectivity index (χ0) is 15.6. The normalized spacial score (nSPS) is 22.9. The molecule has 1 fully saturated rings. The van der Waals surface area contributed by atoms with Crippen molar-refractivity contribution in [3.8, 4) is 0 Å². The molecule has 0 bridgehead atoms. The van der Waals surface area contributed by atoms with Crippen LogP contribution in [0.5, 0.6) is 0 Å². The molecule has 0 spiro atoms. The maximum atomic E-state index is 12.7. The van der Waals surface area contributed by atoms with Crippen LogP contribution in [0, 0.1) is 0 Å². The van der Waals surface area contributed by atoms with Crippen molar-refractivity contribution in [1.29, 1.82) is 0 Å². The molecule has 0 aliphatic heterocycles. The fourth-order valence-corrected chi connectivity index (χ4v) is 2.34. The Morgan fingerprint density at radius 3 is 2.43 bits per heavy atom. The Balaban J connectivity index is 2.24. The zero-order valence-electron chi connectivity index (χ0n) is 11.2. The maximum absolute atomic E-state index is 12.7. The van der Waals surface area contributed by atoms with E-state index < -0.39 is 17.8 Å². The number of amides is 1. The lowest BCUT2D eigenvalue weighted by Gasteiger charge is -2.27. The summed E-state index contributed by atoms with van der Waals surface area (Å²) in [6, 6.07) is 1.62. The van der Waals surface area contributed by atoms with Gasteiger partial charge in [0.05, 0.1) is 11.7 Å². The molecule has 1 aliphatic rings. The second kappa shape index (κ2) is 5.88. The van der Waals surface area contributed by atoms with Crippen LogP contribution in [0.1, 0.15) is 41.7 Å². The standard InChI is InChI=1S/C13H16F3N3O2/c14-13(15,16)10-6-5-9(11(17)21)12(19-10)18-7-1-3-8(20)4-2-7/h5-8,20H,1-4H2,(H2,17,21)(H,18,19). The van der Waals surface area contributed by atoms with Gasteiger partial charge in [0.15, 0.2) is 0 Å². The van der Waals surface area contributed by atoms with E-state index in [1.54, 1.807) is 0 Å². The topological polar surface area (TPSA) is 88.2 Å². The van der Waals surface area contributed by atoms with E-state index in [0.29, 0.717) is 25.7 Å². The molecule has 0 radical (unpaired) electrons. The molecule has 1 aromatic rings. The third kappa shape index (κ3) is 3.84. The van der Waals surface area contributed by atoms with Gasteiger partial charge < -0.3 is 16.2 Å². The molecule has 4 N–H and O–H groups in total. The fourth-order valence-electron chi connectivity index (χ4n) is 2.34. The van der Waals surface area contributed by atoms with Crippen LogP contribution >= 0.6 is 0 Å². The molecule has 1 aromatic heterocycles. The smallest absolute Gasteiger partial charge is 0.393 e. The first-order valence-corrected chi connectivity index (χ1v) is 6.60. The van der Waals surface area contributed by atoms with E-state index >= 15 is 0 Å². The number of aliphatic hydroxyl groups excluding tert-OH is 1. The molecule has 1 saturated carbocycles. The van der Waals surface area contributed by atoms with Crippen molar-refractivity contribution < 1.29 is 23.1 Å². The molecular weight excluding hydrogens is 287 g/mol. The van der Waals surface area contributed by atoms with Crippen LogP contribution in [0.25, 0.3) is 0 Å². The van der Waals surface area contributed by atoms with E-state index in [9.17, 15) is 23.1 Å². The second-order valence-electron chi connectivity index (χ2n) is 5.10. The van der Waals surface area contributed by atoms with Gasteiger partial charge in [-0.3, -0.25) is 4.79 Å². The summed E-state index contributed by atoms with van der Waals surface area (Å²) < 4.78 is 38.1. The van der Waals surface area contributed by atoms with Crippen LogP contribution < -0.4 is 11.1 Å². The monoisotopic (exact) mass is 303 g/mol. The molecule has 1 heterocycles. The minimum atomic E-state index is -4.59. The Hall–Kier alpha value is -1.83. The lowest BCUT2D eigenvalue weighted by Crippen LogP contribution is -2.30. The Morgan fingerprint density at radius 2 is 1.90 bits per heavy atom. The number of aromatic nitrogens is 1. The molecule has 1 aliphatic carbocycles. The number of carbonyl (C=O) groups excluding carboxylic acids is 1. The summed E-state index contributed by atoms with van der Waals surface area (Å²) in [5.41, 5.74) is 4.01. The van der Waals surface area contributed by atoms with Crippen molar-refractivity contribution in [2.24, 2.45) is 5.73 Å². The Bertz CT molecular complexity index is 526. The highest BCUT2D eigenvalue weighted by molar-refractivity contribution is 5.97. The molecule has 116 valence electrons. The van der Waals surface area contributed by atoms with E-state index in [1.165, 1.54) is 0 Å². The first-order chi connectivity index (χ1) is 9.77. The third-order valence-corrected chi connectivity index (χ3v) is 3.49. The number of nitrogens with two attached hydrogens (primary N) is 1. The number of hydrogen-bond donors (Lipinski definition) is 3. The number of aliphatic hydroxyl groups is 1. The molecule has 8 heteroatoms. The number of nitrogens with zero attached hydrogens (tertiary/aromatic N) is 1. The number of rotatable bonds is 3. The Morgan fingerprint density at radius 1 is 1.29 bits per heavy atom. The molecule has 0 saturated heterocycles. The summed E-state index contributed by atoms with van der Waals surface area (Å²) in [5.74, 6) is -0.992. The number of alkyl halides is 3. The van der Waals surface area contributed by atoms with Gasteiger partial charge in [-0.2, -0.15) is 13.2 Å². The summed E-state index contributed by atoms with van der Waals surface area (Å²) in [7, 11) is 0. The maximum Gasteiger partial charge on any atom is 0.433 e. The molecule has 5 nitrogen and oxygen atoms in total. The van der Waals surface area contributed by atoms with E-state index in [4.69, 9.17) is 5.73 Å². The molecule has 0 atom stereocenters. The van der Waals surface area contributed by atoms with Crippen molar-refractivity contribution in [2.45, 2.75) is 44.0 Å². The van der Waals surface area contributed by atoms with Crippen LogP contribution in [0.4, 0.5) is 19.0 Å². The molecule has 0 unspecified atom stereocenters. The minimum Gasteiger partial charge on any atom is -0.393 e. The first-order valence-electron chi connectivity index (χ1n) is 6.60. The van der Waals surface area contributed by atoms with E-state index in [2.05, 4.69) is 10.3 Å². The predicted octanol–water partition coefficient (Wildman–Crippen LogP) is 1.91. The highest BCUT2D eigenvalue weighted by Gasteiger charge is 2.33. The highest BCUT2D eigenvalue weighted by atomic mass is 19.4. The molecule has 21 heavy (non-hydrogen) atoms. The summed E-state index contributed by atoms with van der Waals surface area (Å²) >= 11 is 0. The SMILES string of the molecule is NC(=O)c1ccc(C(F)(F)F)nc1NC1CCC(O)CC1. The lowest BCUT2D eigenvalue weighted by atomic mass is 9.93. The van der Waals surface area contributed by atoms with Crippen molar-refractivity contribution in [3.63, 3.8) is 0 Å². The predicted molar refractivity (Wildman–Crippen MR) is 69.6 cm³/mol. The quantitative estimate of drug-likeness (QED) is 0.796. The average molecular weight is 303 g/mol. The van der Waals surface area contributed by atoms with E-state index in [0.717, 1.165) is 12.1 Å². The first kappa shape index (κ1) is 15.6. The second-order valence-corrected chi connectivity index (χ2v) is 5.10. The molecule has 2 rings (SSSR count). The van der Waals surface area contributed by atoms with Crippen LogP contribution in [-0.4, -0.2) is 28.1 Å². The van der Waals surface area contributed by atoms with E-state index in [1.807, 2.05) is 0 Å². The number of nitrogens with one attached hydrogen (secondary N) is 1. The number of anilines is 1. The van der Waals surface area contributed by atoms with Gasteiger partial charge in [-0.25, -0.2) is 4.98 Å². The Kier molecular flexibility index (Phi) is 4.36. The summed E-state index contributed by atoms with van der Waals surface area (Å²) in [4.78, 5) is 14.8.